The molecule has 0 N–H and O–H groups in total. The number of nitrogens with zero attached hydrogens (tertiary/aromatic N) is 1. The van der Waals surface area contributed by atoms with Crippen molar-refractivity contribution in [1.82, 2.24) is 4.37 Å². The molecule has 0 aromatic carbocycles. The summed E-state index contributed by atoms with van der Waals surface area (Å²) in [5.74, 6) is 1.12. The van der Waals surface area contributed by atoms with Crippen LogP contribution in [0, 0.1) is 6.92 Å². The Balaban J connectivity index is 0.000000461. The average molecular weight is 189 g/mol. The molecule has 64 valence electrons. The second-order valence-electron chi connectivity index (χ2n) is 1.74. The molecule has 11 heavy (non-hydrogen) atoms. The highest BCUT2D eigenvalue weighted by molar-refractivity contribution is 7.99. The number of hydrogen-bond donors (Lipinski definition) is 0. The predicted octanol–water partition coefficient (Wildman–Crippen LogP) is 3.59. The number of thioether (sulfide) groups is 1. The molecule has 0 spiro atoms. The van der Waals surface area contributed by atoms with E-state index in [4.69, 9.17) is 0 Å². The molecule has 1 rings (SSSR count). The number of aryl methyl sites for hydroxylation is 1. The van der Waals surface area contributed by atoms with Crippen LogP contribution in [0.4, 0.5) is 0 Å². The van der Waals surface area contributed by atoms with E-state index in [1.54, 1.807) is 0 Å². The van der Waals surface area contributed by atoms with Gasteiger partial charge in [0, 0.05) is 5.38 Å². The fraction of sp³-hybridized carbons (Fsp3) is 0.625. The molecule has 0 unspecified atom stereocenters. The Kier molecular flexibility index (Phi) is 6.66. The van der Waals surface area contributed by atoms with Gasteiger partial charge in [-0.2, -0.15) is 4.37 Å². The molecule has 0 saturated heterocycles. The lowest BCUT2D eigenvalue weighted by Crippen LogP contribution is -1.73. The maximum absolute atomic E-state index is 4.21. The first kappa shape index (κ1) is 11.0. The Bertz CT molecular complexity index is 184. The molecule has 0 amide bonds. The highest BCUT2D eigenvalue weighted by Crippen LogP contribution is 2.20. The van der Waals surface area contributed by atoms with Gasteiger partial charge in [0.25, 0.3) is 0 Å². The SMILES string of the molecule is CC.CCSc1nscc1C. The summed E-state index contributed by atoms with van der Waals surface area (Å²) in [6.45, 7) is 8.24. The number of aromatic nitrogens is 1. The van der Waals surface area contributed by atoms with Gasteiger partial charge in [-0.25, -0.2) is 0 Å². The summed E-state index contributed by atoms with van der Waals surface area (Å²) in [5.41, 5.74) is 1.31. The van der Waals surface area contributed by atoms with E-state index in [1.165, 1.54) is 22.1 Å². The monoisotopic (exact) mass is 189 g/mol. The summed E-state index contributed by atoms with van der Waals surface area (Å²) in [7, 11) is 0. The Hall–Kier alpha value is -0.0200. The van der Waals surface area contributed by atoms with Gasteiger partial charge in [0.05, 0.1) is 0 Å². The predicted molar refractivity (Wildman–Crippen MR) is 54.6 cm³/mol. The van der Waals surface area contributed by atoms with Crippen molar-refractivity contribution in [2.75, 3.05) is 5.75 Å². The Morgan fingerprint density at radius 3 is 2.55 bits per heavy atom. The van der Waals surface area contributed by atoms with Gasteiger partial charge in [-0.05, 0) is 29.8 Å². The average Bonchev–Trinajstić information content (AvgIpc) is 2.42. The van der Waals surface area contributed by atoms with Gasteiger partial charge in [0.2, 0.25) is 0 Å². The molecule has 0 aliphatic carbocycles. The maximum Gasteiger partial charge on any atom is 0.113 e. The second kappa shape index (κ2) is 6.68. The van der Waals surface area contributed by atoms with Crippen LogP contribution in [0.2, 0.25) is 0 Å². The lowest BCUT2D eigenvalue weighted by molar-refractivity contribution is 1.21. The van der Waals surface area contributed by atoms with E-state index in [9.17, 15) is 0 Å². The van der Waals surface area contributed by atoms with Crippen molar-refractivity contribution in [3.63, 3.8) is 0 Å². The minimum absolute atomic E-state index is 1.12. The number of rotatable bonds is 2. The zero-order chi connectivity index (χ0) is 8.69. The summed E-state index contributed by atoms with van der Waals surface area (Å²) in [6.07, 6.45) is 0. The molecule has 0 atom stereocenters. The molecule has 0 radical (unpaired) electrons. The molecule has 0 fully saturated rings. The molecule has 0 bridgehead atoms. The lowest BCUT2D eigenvalue weighted by atomic mass is 10.4. The molecule has 3 heteroatoms. The molecule has 1 nitrogen and oxygen atoms in total. The van der Waals surface area contributed by atoms with Crippen LogP contribution in [0.3, 0.4) is 0 Å². The summed E-state index contributed by atoms with van der Waals surface area (Å²) in [6, 6.07) is 0. The van der Waals surface area contributed by atoms with Crippen molar-refractivity contribution in [1.29, 1.82) is 0 Å². The second-order valence-corrected chi connectivity index (χ2v) is 3.62. The van der Waals surface area contributed by atoms with Crippen LogP contribution in [0.15, 0.2) is 10.4 Å². The normalized spacial score (nSPS) is 8.73. The molecule has 1 aromatic rings. The molecule has 0 aliphatic heterocycles. The van der Waals surface area contributed by atoms with E-state index in [0.717, 1.165) is 5.75 Å². The Labute approximate surface area is 77.4 Å². The first-order valence-corrected chi connectivity index (χ1v) is 5.70. The minimum atomic E-state index is 1.12. The van der Waals surface area contributed by atoms with Crippen molar-refractivity contribution in [2.24, 2.45) is 0 Å². The van der Waals surface area contributed by atoms with E-state index in [1.807, 2.05) is 25.6 Å². The fourth-order valence-corrected chi connectivity index (χ4v) is 2.09. The molecule has 1 heterocycles. The van der Waals surface area contributed by atoms with Crippen LogP contribution in [0.1, 0.15) is 26.3 Å². The van der Waals surface area contributed by atoms with Crippen LogP contribution >= 0.6 is 23.3 Å². The van der Waals surface area contributed by atoms with E-state index in [-0.39, 0.29) is 0 Å². The van der Waals surface area contributed by atoms with Gasteiger partial charge in [-0.15, -0.1) is 11.8 Å². The minimum Gasteiger partial charge on any atom is -0.186 e. The maximum atomic E-state index is 4.21. The van der Waals surface area contributed by atoms with Gasteiger partial charge in [-0.1, -0.05) is 20.8 Å². The van der Waals surface area contributed by atoms with Crippen LogP contribution in [-0.4, -0.2) is 10.1 Å². The number of hydrogen-bond acceptors (Lipinski definition) is 3. The highest BCUT2D eigenvalue weighted by atomic mass is 32.2. The quantitative estimate of drug-likeness (QED) is 0.659. The van der Waals surface area contributed by atoms with E-state index >= 15 is 0 Å². The van der Waals surface area contributed by atoms with Crippen molar-refractivity contribution in [3.05, 3.63) is 10.9 Å². The largest absolute Gasteiger partial charge is 0.186 e. The topological polar surface area (TPSA) is 12.9 Å². The summed E-state index contributed by atoms with van der Waals surface area (Å²) in [4.78, 5) is 0. The standard InChI is InChI=1S/C6H9NS2.C2H6/c1-3-8-6-5(2)4-9-7-6;1-2/h4H,3H2,1-2H3;1-2H3. The third-order valence-electron chi connectivity index (χ3n) is 0.983. The van der Waals surface area contributed by atoms with Crippen LogP contribution in [0.5, 0.6) is 0 Å². The van der Waals surface area contributed by atoms with Crippen LogP contribution in [0.25, 0.3) is 0 Å². The van der Waals surface area contributed by atoms with E-state index in [2.05, 4.69) is 23.6 Å². The van der Waals surface area contributed by atoms with Crippen molar-refractivity contribution in [2.45, 2.75) is 32.7 Å². The van der Waals surface area contributed by atoms with E-state index < -0.39 is 0 Å². The zero-order valence-electron chi connectivity index (χ0n) is 7.55. The summed E-state index contributed by atoms with van der Waals surface area (Å²) >= 11 is 3.34. The highest BCUT2D eigenvalue weighted by Gasteiger charge is 1.97. The summed E-state index contributed by atoms with van der Waals surface area (Å²) < 4.78 is 4.21. The third kappa shape index (κ3) is 3.77. The van der Waals surface area contributed by atoms with Gasteiger partial charge in [-0.3, -0.25) is 0 Å². The van der Waals surface area contributed by atoms with Crippen LogP contribution < -0.4 is 0 Å². The molecule has 0 saturated carbocycles. The van der Waals surface area contributed by atoms with Crippen molar-refractivity contribution in [3.8, 4) is 0 Å². The molecule has 1 aromatic heterocycles. The first-order valence-electron chi connectivity index (χ1n) is 3.88. The van der Waals surface area contributed by atoms with E-state index in [0.29, 0.717) is 0 Å². The fourth-order valence-electron chi connectivity index (χ4n) is 0.553. The Morgan fingerprint density at radius 2 is 2.18 bits per heavy atom. The summed E-state index contributed by atoms with van der Waals surface area (Å²) in [5, 5.41) is 3.28. The van der Waals surface area contributed by atoms with Crippen molar-refractivity contribution >= 4 is 23.3 Å². The molecular weight excluding hydrogens is 174 g/mol. The first-order chi connectivity index (χ1) is 5.34. The van der Waals surface area contributed by atoms with Gasteiger partial charge in [0.15, 0.2) is 0 Å². The lowest BCUT2D eigenvalue weighted by Gasteiger charge is -1.90. The Morgan fingerprint density at radius 1 is 1.55 bits per heavy atom. The third-order valence-corrected chi connectivity index (χ3v) is 2.82. The van der Waals surface area contributed by atoms with Gasteiger partial charge in [0.1, 0.15) is 5.03 Å². The smallest absolute Gasteiger partial charge is 0.113 e. The molecular formula is C8H15NS2. The van der Waals surface area contributed by atoms with Gasteiger partial charge < -0.3 is 0 Å². The van der Waals surface area contributed by atoms with Gasteiger partial charge >= 0.3 is 0 Å². The zero-order valence-corrected chi connectivity index (χ0v) is 9.18. The van der Waals surface area contributed by atoms with Crippen LogP contribution in [-0.2, 0) is 0 Å². The van der Waals surface area contributed by atoms with Crippen molar-refractivity contribution < 1.29 is 0 Å². The molecule has 0 aliphatic rings.